The molecule has 3 rings (SSSR count). The lowest BCUT2D eigenvalue weighted by Crippen LogP contribution is -2.73. The molecule has 2 N–H and O–H groups in total. The number of nitrogens with one attached hydrogen (secondary N) is 1. The van der Waals surface area contributed by atoms with Crippen LogP contribution in [-0.2, 0) is 28.7 Å². The third-order valence-electron chi connectivity index (χ3n) is 5.08. The lowest BCUT2D eigenvalue weighted by atomic mass is 10.1. The second-order valence-corrected chi connectivity index (χ2v) is 10.1. The molecule has 1 aromatic carbocycles. The topological polar surface area (TPSA) is 131 Å². The Hall–Kier alpha value is -2.63. The molecule has 10 nitrogen and oxygen atoms in total. The first-order valence-corrected chi connectivity index (χ1v) is 12.1. The predicted molar refractivity (Wildman–Crippen MR) is 123 cm³/mol. The van der Waals surface area contributed by atoms with Gasteiger partial charge in [-0.1, -0.05) is 18.2 Å². The minimum Gasteiger partial charge on any atom is -0.484 e. The van der Waals surface area contributed by atoms with Gasteiger partial charge in [-0.15, -0.1) is 11.8 Å². The van der Waals surface area contributed by atoms with Crippen molar-refractivity contribution in [2.45, 2.75) is 63.0 Å². The highest BCUT2D eigenvalue weighted by Crippen LogP contribution is 2.33. The number of nitrogens with zero attached hydrogens (tertiary/aromatic N) is 1. The Morgan fingerprint density at radius 1 is 1.26 bits per heavy atom. The first-order valence-electron chi connectivity index (χ1n) is 11.0. The van der Waals surface area contributed by atoms with Crippen molar-refractivity contribution in [3.05, 3.63) is 30.3 Å². The van der Waals surface area contributed by atoms with Crippen LogP contribution < -0.4 is 10.1 Å². The van der Waals surface area contributed by atoms with Gasteiger partial charge in [0.2, 0.25) is 6.23 Å². The van der Waals surface area contributed by atoms with Gasteiger partial charge in [0.1, 0.15) is 28.9 Å². The van der Waals surface area contributed by atoms with E-state index < -0.39 is 47.1 Å². The minimum absolute atomic E-state index is 0.00691. The van der Waals surface area contributed by atoms with Gasteiger partial charge in [-0.2, -0.15) is 0 Å². The lowest BCUT2D eigenvalue weighted by Gasteiger charge is -2.48. The molecule has 2 aliphatic rings. The van der Waals surface area contributed by atoms with E-state index in [-0.39, 0.29) is 18.1 Å². The fourth-order valence-corrected chi connectivity index (χ4v) is 4.77. The van der Waals surface area contributed by atoms with Crippen molar-refractivity contribution in [3.63, 3.8) is 0 Å². The first-order chi connectivity index (χ1) is 16.1. The molecule has 1 unspecified atom stereocenters. The Bertz CT molecular complexity index is 898. The summed E-state index contributed by atoms with van der Waals surface area (Å²) in [4.78, 5) is 50.9. The van der Waals surface area contributed by atoms with Gasteiger partial charge in [-0.3, -0.25) is 19.3 Å². The number of aliphatic hydroxyl groups is 1. The summed E-state index contributed by atoms with van der Waals surface area (Å²) in [5.41, 5.74) is -0.868. The number of carbonyl (C=O) groups is 4. The molecule has 34 heavy (non-hydrogen) atoms. The highest BCUT2D eigenvalue weighted by atomic mass is 32.2. The van der Waals surface area contributed by atoms with Crippen molar-refractivity contribution in [3.8, 4) is 5.75 Å². The van der Waals surface area contributed by atoms with Crippen molar-refractivity contribution < 1.29 is 38.5 Å². The molecular formula is C23H30N2O8S. The number of hydrogen-bond acceptors (Lipinski definition) is 9. The van der Waals surface area contributed by atoms with Crippen molar-refractivity contribution in [2.75, 3.05) is 19.0 Å². The summed E-state index contributed by atoms with van der Waals surface area (Å²) in [6.45, 7) is 5.11. The number of benzene rings is 1. The van der Waals surface area contributed by atoms with E-state index in [1.165, 1.54) is 0 Å². The lowest BCUT2D eigenvalue weighted by molar-refractivity contribution is -0.189. The zero-order valence-corrected chi connectivity index (χ0v) is 20.2. The van der Waals surface area contributed by atoms with Crippen LogP contribution in [0, 0.1) is 0 Å². The molecule has 2 saturated heterocycles. The molecule has 186 valence electrons. The molecular weight excluding hydrogens is 464 g/mol. The van der Waals surface area contributed by atoms with Gasteiger partial charge < -0.3 is 24.6 Å². The second-order valence-electron chi connectivity index (χ2n) is 8.97. The summed E-state index contributed by atoms with van der Waals surface area (Å²) >= 11 is 1.05. The van der Waals surface area contributed by atoms with Crippen LogP contribution in [0.4, 0.5) is 0 Å². The summed E-state index contributed by atoms with van der Waals surface area (Å²) in [6, 6.07) is 7.68. The Labute approximate surface area is 202 Å². The number of likely N-dealkylation sites (tertiary alicyclic amines) is 1. The second kappa shape index (κ2) is 11.2. The molecule has 0 aliphatic carbocycles. The fraction of sp³-hybridized carbons (Fsp3) is 0.565. The zero-order chi connectivity index (χ0) is 24.9. The molecule has 11 heteroatoms. The maximum absolute atomic E-state index is 12.8. The van der Waals surface area contributed by atoms with E-state index >= 15 is 0 Å². The van der Waals surface area contributed by atoms with Crippen molar-refractivity contribution in [2.24, 2.45) is 0 Å². The summed E-state index contributed by atoms with van der Waals surface area (Å²) < 4.78 is 16.0. The van der Waals surface area contributed by atoms with Crippen LogP contribution in [0.15, 0.2) is 30.3 Å². The first kappa shape index (κ1) is 26.0. The van der Waals surface area contributed by atoms with Gasteiger partial charge in [0, 0.05) is 6.61 Å². The van der Waals surface area contributed by atoms with Crippen LogP contribution in [0.5, 0.6) is 5.75 Å². The van der Waals surface area contributed by atoms with Gasteiger partial charge in [0.15, 0.2) is 12.4 Å². The third kappa shape index (κ3) is 6.71. The van der Waals surface area contributed by atoms with Gasteiger partial charge in [-0.05, 0) is 45.7 Å². The van der Waals surface area contributed by atoms with Gasteiger partial charge in [0.05, 0.1) is 5.75 Å². The number of carbonyl (C=O) groups excluding carboxylic acids is 4. The number of para-hydroxylation sites is 1. The molecule has 0 bridgehead atoms. The molecule has 0 radical (unpaired) electrons. The van der Waals surface area contributed by atoms with Gasteiger partial charge >= 0.3 is 5.97 Å². The molecule has 2 fully saturated rings. The van der Waals surface area contributed by atoms with Gasteiger partial charge in [0.25, 0.3) is 11.8 Å². The smallest absolute Gasteiger partial charge is 0.357 e. The number of thioether (sulfide) groups is 1. The SMILES string of the molecule is CC(C)(C)OC(=O)C(O)N1C(=O)[C@@H](NC(=O)COc2ccccc2)[C@H]1SCC(=O)[C@H]1CCCO1. The maximum Gasteiger partial charge on any atom is 0.357 e. The molecule has 2 amide bonds. The van der Waals surface area contributed by atoms with Crippen molar-refractivity contribution in [1.82, 2.24) is 10.2 Å². The van der Waals surface area contributed by atoms with Crippen LogP contribution in [0.3, 0.4) is 0 Å². The van der Waals surface area contributed by atoms with Crippen LogP contribution >= 0.6 is 11.8 Å². The Kier molecular flexibility index (Phi) is 8.56. The summed E-state index contributed by atoms with van der Waals surface area (Å²) in [5, 5.41) is 12.2. The number of hydrogen-bond donors (Lipinski definition) is 2. The van der Waals surface area contributed by atoms with E-state index in [9.17, 15) is 24.3 Å². The number of esters is 1. The van der Waals surface area contributed by atoms with E-state index in [4.69, 9.17) is 14.2 Å². The van der Waals surface area contributed by atoms with E-state index in [2.05, 4.69) is 5.32 Å². The molecule has 2 heterocycles. The Morgan fingerprint density at radius 3 is 2.59 bits per heavy atom. The van der Waals surface area contributed by atoms with E-state index in [0.29, 0.717) is 18.8 Å². The number of rotatable bonds is 10. The number of ether oxygens (including phenoxy) is 3. The standard InChI is InChI=1S/C23H30N2O8S/c1-23(2,3)33-22(30)20(29)25-19(28)18(21(25)34-13-15(26)16-10-7-11-31-16)24-17(27)12-32-14-8-5-4-6-9-14/h4-6,8-9,16,18,20-21,29H,7,10-13H2,1-3H3,(H,24,27)/t16-,18-,20?,21-/m1/s1. The fourth-order valence-electron chi connectivity index (χ4n) is 3.50. The van der Waals surface area contributed by atoms with Crippen LogP contribution in [0.25, 0.3) is 0 Å². The Morgan fingerprint density at radius 2 is 1.97 bits per heavy atom. The number of Topliss-reactive ketones (excluding diaryl/α,β-unsaturated/α-hetero) is 1. The predicted octanol–water partition coefficient (Wildman–Crippen LogP) is 0.860. The van der Waals surface area contributed by atoms with Crippen molar-refractivity contribution in [1.29, 1.82) is 0 Å². The van der Waals surface area contributed by atoms with Crippen LogP contribution in [0.2, 0.25) is 0 Å². The van der Waals surface area contributed by atoms with E-state index in [0.717, 1.165) is 23.1 Å². The number of ketones is 1. The van der Waals surface area contributed by atoms with Crippen LogP contribution in [0.1, 0.15) is 33.6 Å². The largest absolute Gasteiger partial charge is 0.484 e. The summed E-state index contributed by atoms with van der Waals surface area (Å²) in [6.07, 6.45) is -0.938. The monoisotopic (exact) mass is 494 g/mol. The minimum atomic E-state index is -1.87. The summed E-state index contributed by atoms with van der Waals surface area (Å²) in [5.74, 6) is -1.86. The highest BCUT2D eigenvalue weighted by molar-refractivity contribution is 8.00. The molecule has 0 saturated carbocycles. The summed E-state index contributed by atoms with van der Waals surface area (Å²) in [7, 11) is 0. The third-order valence-corrected chi connectivity index (χ3v) is 6.37. The van der Waals surface area contributed by atoms with Crippen LogP contribution in [-0.4, -0.2) is 81.9 Å². The molecule has 0 aromatic heterocycles. The number of aliphatic hydroxyl groups excluding tert-OH is 1. The maximum atomic E-state index is 12.8. The average molecular weight is 495 g/mol. The molecule has 1 aromatic rings. The van der Waals surface area contributed by atoms with E-state index in [1.54, 1.807) is 45.0 Å². The molecule has 0 spiro atoms. The molecule has 2 aliphatic heterocycles. The normalized spacial score (nSPS) is 23.1. The average Bonchev–Trinajstić information content (AvgIpc) is 3.33. The zero-order valence-electron chi connectivity index (χ0n) is 19.4. The number of β-lactam (4-membered cyclic amide) rings is 1. The molecule has 4 atom stereocenters. The number of amides is 2. The van der Waals surface area contributed by atoms with Crippen molar-refractivity contribution >= 4 is 35.3 Å². The van der Waals surface area contributed by atoms with E-state index in [1.807, 2.05) is 6.07 Å². The quantitative estimate of drug-likeness (QED) is 0.359. The van der Waals surface area contributed by atoms with Gasteiger partial charge in [-0.25, -0.2) is 4.79 Å². The Balaban J connectivity index is 1.64. The highest BCUT2D eigenvalue weighted by Gasteiger charge is 2.54.